The molecule has 0 aromatic heterocycles. The van der Waals surface area contributed by atoms with Crippen molar-refractivity contribution in [2.75, 3.05) is 13.2 Å². The smallest absolute Gasteiger partial charge is 0.306 e. The zero-order chi connectivity index (χ0) is 47.2. The number of ether oxygens (including phenoxy) is 3. The third-order valence-corrected chi connectivity index (χ3v) is 11.1. The highest BCUT2D eigenvalue weighted by molar-refractivity contribution is 5.71. The Hall–Kier alpha value is -3.67. The molecule has 0 rings (SSSR count). The van der Waals surface area contributed by atoms with E-state index in [2.05, 4.69) is 118 Å². The van der Waals surface area contributed by atoms with Gasteiger partial charge in [-0.05, 0) is 103 Å². The van der Waals surface area contributed by atoms with E-state index in [-0.39, 0.29) is 31.1 Å². The van der Waals surface area contributed by atoms with E-state index >= 15 is 0 Å². The molecule has 0 amide bonds. The molecule has 1 atom stereocenters. The first kappa shape index (κ1) is 61.3. The van der Waals surface area contributed by atoms with Crippen LogP contribution in [0.15, 0.2) is 97.2 Å². The lowest BCUT2D eigenvalue weighted by Crippen LogP contribution is -2.30. The molecule has 0 fully saturated rings. The zero-order valence-electron chi connectivity index (χ0n) is 42.2. The summed E-state index contributed by atoms with van der Waals surface area (Å²) in [6.07, 6.45) is 69.9. The summed E-state index contributed by atoms with van der Waals surface area (Å²) in [5.74, 6) is -0.947. The van der Waals surface area contributed by atoms with Crippen molar-refractivity contribution in [3.8, 4) is 0 Å². The average molecular weight is 903 g/mol. The Morgan fingerprint density at radius 2 is 0.600 bits per heavy atom. The minimum Gasteiger partial charge on any atom is -0.462 e. The predicted octanol–water partition coefficient (Wildman–Crippen LogP) is 17.8. The van der Waals surface area contributed by atoms with Gasteiger partial charge in [0.05, 0.1) is 0 Å². The van der Waals surface area contributed by atoms with Gasteiger partial charge < -0.3 is 14.2 Å². The minimum atomic E-state index is -0.793. The molecule has 0 aliphatic carbocycles. The number of esters is 3. The predicted molar refractivity (Wildman–Crippen MR) is 279 cm³/mol. The van der Waals surface area contributed by atoms with E-state index in [1.54, 1.807) is 0 Å². The van der Waals surface area contributed by atoms with Gasteiger partial charge in [0.25, 0.3) is 0 Å². The summed E-state index contributed by atoms with van der Waals surface area (Å²) >= 11 is 0. The zero-order valence-corrected chi connectivity index (χ0v) is 42.2. The molecular weight excluding hydrogens is 805 g/mol. The third kappa shape index (κ3) is 51.2. The van der Waals surface area contributed by atoms with Gasteiger partial charge >= 0.3 is 17.9 Å². The van der Waals surface area contributed by atoms with Gasteiger partial charge in [0, 0.05) is 19.3 Å². The van der Waals surface area contributed by atoms with Crippen LogP contribution in [0.25, 0.3) is 0 Å². The summed E-state index contributed by atoms with van der Waals surface area (Å²) in [7, 11) is 0. The van der Waals surface area contributed by atoms with Crippen molar-refractivity contribution in [1.82, 2.24) is 0 Å². The monoisotopic (exact) mass is 903 g/mol. The highest BCUT2D eigenvalue weighted by Crippen LogP contribution is 2.13. The maximum Gasteiger partial charge on any atom is 0.306 e. The quantitative estimate of drug-likeness (QED) is 0.0262. The Morgan fingerprint density at radius 1 is 0.323 bits per heavy atom. The molecular formula is C59H98O6. The largest absolute Gasteiger partial charge is 0.462 e. The number of hydrogen-bond donors (Lipinski definition) is 0. The van der Waals surface area contributed by atoms with Gasteiger partial charge in [0.2, 0.25) is 0 Å². The van der Waals surface area contributed by atoms with Crippen molar-refractivity contribution in [2.24, 2.45) is 0 Å². The van der Waals surface area contributed by atoms with Crippen LogP contribution in [-0.4, -0.2) is 37.2 Å². The van der Waals surface area contributed by atoms with Crippen LogP contribution in [0.3, 0.4) is 0 Å². The fraction of sp³-hybridized carbons (Fsp3) is 0.678. The summed E-state index contributed by atoms with van der Waals surface area (Å²) < 4.78 is 16.7. The van der Waals surface area contributed by atoms with Crippen LogP contribution in [0.1, 0.15) is 239 Å². The second-order valence-electron chi connectivity index (χ2n) is 17.4. The van der Waals surface area contributed by atoms with Crippen LogP contribution in [0.2, 0.25) is 0 Å². The van der Waals surface area contributed by atoms with Crippen LogP contribution < -0.4 is 0 Å². The summed E-state index contributed by atoms with van der Waals surface area (Å²) in [5, 5.41) is 0. The first-order chi connectivity index (χ1) is 32.0. The second kappa shape index (κ2) is 52.9. The summed E-state index contributed by atoms with van der Waals surface area (Å²) in [4.78, 5) is 37.8. The van der Waals surface area contributed by atoms with E-state index in [0.717, 1.165) is 122 Å². The first-order valence-electron chi connectivity index (χ1n) is 26.7. The lowest BCUT2D eigenvalue weighted by Gasteiger charge is -2.18. The highest BCUT2D eigenvalue weighted by Gasteiger charge is 2.19. The molecule has 0 aliphatic heterocycles. The molecule has 0 heterocycles. The van der Waals surface area contributed by atoms with E-state index in [1.165, 1.54) is 77.0 Å². The van der Waals surface area contributed by atoms with Crippen molar-refractivity contribution in [1.29, 1.82) is 0 Å². The summed E-state index contributed by atoms with van der Waals surface area (Å²) in [6.45, 7) is 6.42. The molecule has 370 valence electrons. The standard InChI is InChI=1S/C59H98O6/c1-4-7-10-13-16-18-20-22-24-26-27-28-29-30-31-32-33-34-36-37-39-41-43-46-49-52-58(61)64-55-56(54-63-57(60)51-48-45-15-12-9-6-3)65-59(62)53-50-47-44-42-40-38-35-25-23-21-19-17-14-11-8-5-2/h7,10,16,18,22,24-25,27-28,30-31,33-35,37,39,56H,4-6,8-9,11-15,17,19-21,23,26,29,32,36,38,40-55H2,1-3H3/b10-7-,18-16-,24-22-,28-27-,31-30-,34-33-,35-25-,39-37-. The summed E-state index contributed by atoms with van der Waals surface area (Å²) in [6, 6.07) is 0. The average Bonchev–Trinajstić information content (AvgIpc) is 3.30. The normalized spacial score (nSPS) is 12.8. The highest BCUT2D eigenvalue weighted by atomic mass is 16.6. The SMILES string of the molecule is CC/C=C\C/C=C\C/C=C\C/C=C\C/C=C\C/C=C\C/C=C\CCCCCC(=O)OCC(COC(=O)CCCCCCCC)OC(=O)CCCCCCC/C=C\CCCCCCCCC. The molecule has 0 spiro atoms. The lowest BCUT2D eigenvalue weighted by molar-refractivity contribution is -0.167. The molecule has 0 saturated carbocycles. The third-order valence-electron chi connectivity index (χ3n) is 11.1. The second-order valence-corrected chi connectivity index (χ2v) is 17.4. The van der Waals surface area contributed by atoms with Gasteiger partial charge in [-0.3, -0.25) is 14.4 Å². The van der Waals surface area contributed by atoms with Gasteiger partial charge in [-0.25, -0.2) is 0 Å². The molecule has 0 radical (unpaired) electrons. The van der Waals surface area contributed by atoms with E-state index < -0.39 is 6.10 Å². The fourth-order valence-corrected chi connectivity index (χ4v) is 7.06. The molecule has 0 aliphatic rings. The van der Waals surface area contributed by atoms with Crippen molar-refractivity contribution < 1.29 is 28.6 Å². The Balaban J connectivity index is 4.28. The van der Waals surface area contributed by atoms with Crippen molar-refractivity contribution in [3.05, 3.63) is 97.2 Å². The number of allylic oxidation sites excluding steroid dienone is 16. The summed E-state index contributed by atoms with van der Waals surface area (Å²) in [5.41, 5.74) is 0. The Morgan fingerprint density at radius 3 is 0.969 bits per heavy atom. The van der Waals surface area contributed by atoms with Gasteiger partial charge in [-0.1, -0.05) is 214 Å². The van der Waals surface area contributed by atoms with Crippen molar-refractivity contribution in [2.45, 2.75) is 245 Å². The Kier molecular flexibility index (Phi) is 50.0. The van der Waals surface area contributed by atoms with Crippen LogP contribution in [0.5, 0.6) is 0 Å². The Bertz CT molecular complexity index is 1310. The number of carbonyl (C=O) groups is 3. The maximum atomic E-state index is 12.8. The molecule has 65 heavy (non-hydrogen) atoms. The number of unbranched alkanes of at least 4 members (excludes halogenated alkanes) is 20. The molecule has 6 nitrogen and oxygen atoms in total. The van der Waals surface area contributed by atoms with E-state index in [1.807, 2.05) is 0 Å². The molecule has 0 bridgehead atoms. The molecule has 0 N–H and O–H groups in total. The molecule has 0 aromatic carbocycles. The Labute approximate surface area is 400 Å². The lowest BCUT2D eigenvalue weighted by atomic mass is 10.1. The van der Waals surface area contributed by atoms with Gasteiger partial charge in [0.1, 0.15) is 13.2 Å². The van der Waals surface area contributed by atoms with E-state index in [4.69, 9.17) is 14.2 Å². The molecule has 1 unspecified atom stereocenters. The van der Waals surface area contributed by atoms with Gasteiger partial charge in [-0.15, -0.1) is 0 Å². The van der Waals surface area contributed by atoms with Crippen molar-refractivity contribution >= 4 is 17.9 Å². The number of carbonyl (C=O) groups excluding carboxylic acids is 3. The number of hydrogen-bond acceptors (Lipinski definition) is 6. The van der Waals surface area contributed by atoms with E-state index in [9.17, 15) is 14.4 Å². The maximum absolute atomic E-state index is 12.8. The van der Waals surface area contributed by atoms with Gasteiger partial charge in [-0.2, -0.15) is 0 Å². The van der Waals surface area contributed by atoms with Crippen LogP contribution in [0, 0.1) is 0 Å². The van der Waals surface area contributed by atoms with Crippen LogP contribution in [0.4, 0.5) is 0 Å². The fourth-order valence-electron chi connectivity index (χ4n) is 7.06. The van der Waals surface area contributed by atoms with Crippen LogP contribution >= 0.6 is 0 Å². The minimum absolute atomic E-state index is 0.0922. The van der Waals surface area contributed by atoms with E-state index in [0.29, 0.717) is 19.3 Å². The number of rotatable bonds is 47. The first-order valence-corrected chi connectivity index (χ1v) is 26.7. The molecule has 0 aromatic rings. The van der Waals surface area contributed by atoms with Gasteiger partial charge in [0.15, 0.2) is 6.10 Å². The molecule has 6 heteroatoms. The van der Waals surface area contributed by atoms with Crippen LogP contribution in [-0.2, 0) is 28.6 Å². The topological polar surface area (TPSA) is 78.9 Å². The van der Waals surface area contributed by atoms with Crippen molar-refractivity contribution in [3.63, 3.8) is 0 Å². The molecule has 0 saturated heterocycles.